The molecule has 0 bridgehead atoms. The Balaban J connectivity index is 1.57. The monoisotopic (exact) mass is 342 g/mol. The maximum atomic E-state index is 12.1. The molecule has 3 aromatic rings. The van der Waals surface area contributed by atoms with Crippen LogP contribution in [-0.4, -0.2) is 32.3 Å². The summed E-state index contributed by atoms with van der Waals surface area (Å²) in [7, 11) is 0. The maximum Gasteiger partial charge on any atom is 0.319 e. The van der Waals surface area contributed by atoms with Gasteiger partial charge < -0.3 is 10.6 Å². The van der Waals surface area contributed by atoms with Crippen molar-refractivity contribution in [2.24, 2.45) is 0 Å². The third kappa shape index (κ3) is 3.77. The molecule has 0 radical (unpaired) electrons. The van der Waals surface area contributed by atoms with E-state index in [0.29, 0.717) is 18.2 Å². The van der Waals surface area contributed by atoms with Gasteiger partial charge in [0.05, 0.1) is 18.1 Å². The molecule has 0 aliphatic heterocycles. The Hall–Kier alpha value is -2.74. The second-order valence-corrected chi connectivity index (χ2v) is 6.84. The van der Waals surface area contributed by atoms with Crippen LogP contribution in [0.3, 0.4) is 0 Å². The van der Waals surface area contributed by atoms with Gasteiger partial charge in [0.15, 0.2) is 0 Å². The Morgan fingerprint density at radius 2 is 2.08 bits per heavy atom. The Bertz CT molecular complexity index is 797. The largest absolute Gasteiger partial charge is 0.337 e. The molecule has 0 aliphatic rings. The van der Waals surface area contributed by atoms with Crippen LogP contribution in [0.1, 0.15) is 18.7 Å². The first-order chi connectivity index (χ1) is 11.5. The molecule has 0 unspecified atom stereocenters. The molecular formula is C16H18N6OS. The summed E-state index contributed by atoms with van der Waals surface area (Å²) in [6.07, 6.45) is 6.49. The average molecular weight is 342 g/mol. The van der Waals surface area contributed by atoms with Crippen LogP contribution < -0.4 is 10.6 Å². The summed E-state index contributed by atoms with van der Waals surface area (Å²) in [6, 6.07) is 5.55. The lowest BCUT2D eigenvalue weighted by atomic mass is 9.91. The molecule has 0 saturated heterocycles. The van der Waals surface area contributed by atoms with E-state index in [-0.39, 0.29) is 11.4 Å². The SMILES string of the molecule is CC(C)(CNC(=O)Nc1cnn(-c2ncccn2)c1)c1cccs1. The first-order valence-electron chi connectivity index (χ1n) is 7.45. The third-order valence-corrected chi connectivity index (χ3v) is 4.71. The van der Waals surface area contributed by atoms with Crippen LogP contribution in [0, 0.1) is 0 Å². The van der Waals surface area contributed by atoms with Crippen molar-refractivity contribution in [2.75, 3.05) is 11.9 Å². The minimum Gasteiger partial charge on any atom is -0.337 e. The Labute approximate surface area is 143 Å². The highest BCUT2D eigenvalue weighted by Crippen LogP contribution is 2.26. The summed E-state index contributed by atoms with van der Waals surface area (Å²) in [4.78, 5) is 21.5. The molecule has 3 heterocycles. The molecule has 3 rings (SSSR count). The highest BCUT2D eigenvalue weighted by molar-refractivity contribution is 7.10. The molecule has 8 heteroatoms. The van der Waals surface area contributed by atoms with E-state index in [4.69, 9.17) is 0 Å². The number of thiophene rings is 1. The van der Waals surface area contributed by atoms with E-state index in [1.54, 1.807) is 42.2 Å². The Morgan fingerprint density at radius 1 is 1.29 bits per heavy atom. The molecule has 7 nitrogen and oxygen atoms in total. The lowest BCUT2D eigenvalue weighted by molar-refractivity contribution is 0.250. The topological polar surface area (TPSA) is 84.7 Å². The number of amides is 2. The number of carbonyl (C=O) groups excluding carboxylic acids is 1. The van der Waals surface area contributed by atoms with Crippen LogP contribution >= 0.6 is 11.3 Å². The van der Waals surface area contributed by atoms with Crippen molar-refractivity contribution in [3.63, 3.8) is 0 Å². The molecule has 0 spiro atoms. The fourth-order valence-electron chi connectivity index (χ4n) is 2.13. The molecule has 2 amide bonds. The number of urea groups is 1. The van der Waals surface area contributed by atoms with Crippen LogP contribution in [0.25, 0.3) is 5.95 Å². The van der Waals surface area contributed by atoms with Crippen molar-refractivity contribution in [1.82, 2.24) is 25.1 Å². The lowest BCUT2D eigenvalue weighted by Crippen LogP contribution is -2.38. The van der Waals surface area contributed by atoms with Crippen LogP contribution in [0.2, 0.25) is 0 Å². The van der Waals surface area contributed by atoms with Crippen molar-refractivity contribution in [1.29, 1.82) is 0 Å². The van der Waals surface area contributed by atoms with Gasteiger partial charge in [0, 0.05) is 29.2 Å². The zero-order chi connectivity index (χ0) is 17.0. The number of anilines is 1. The van der Waals surface area contributed by atoms with Gasteiger partial charge in [-0.05, 0) is 17.5 Å². The second-order valence-electron chi connectivity index (χ2n) is 5.89. The minimum absolute atomic E-state index is 0.117. The van der Waals surface area contributed by atoms with Crippen molar-refractivity contribution < 1.29 is 4.79 Å². The van der Waals surface area contributed by atoms with Crippen molar-refractivity contribution in [3.8, 4) is 5.95 Å². The normalized spacial score (nSPS) is 11.2. The number of aromatic nitrogens is 4. The van der Waals surface area contributed by atoms with Crippen molar-refractivity contribution in [2.45, 2.75) is 19.3 Å². The van der Waals surface area contributed by atoms with E-state index in [9.17, 15) is 4.79 Å². The van der Waals surface area contributed by atoms with E-state index in [1.807, 2.05) is 11.4 Å². The molecule has 0 atom stereocenters. The number of nitrogens with one attached hydrogen (secondary N) is 2. The van der Waals surface area contributed by atoms with E-state index >= 15 is 0 Å². The number of rotatable bonds is 5. The number of hydrogen-bond acceptors (Lipinski definition) is 5. The molecule has 3 aromatic heterocycles. The van der Waals surface area contributed by atoms with Gasteiger partial charge in [0.25, 0.3) is 0 Å². The van der Waals surface area contributed by atoms with Gasteiger partial charge >= 0.3 is 6.03 Å². The maximum absolute atomic E-state index is 12.1. The minimum atomic E-state index is -0.270. The summed E-state index contributed by atoms with van der Waals surface area (Å²) in [6.45, 7) is 4.74. The van der Waals surface area contributed by atoms with Crippen LogP contribution in [0.5, 0.6) is 0 Å². The smallest absolute Gasteiger partial charge is 0.319 e. The zero-order valence-corrected chi connectivity index (χ0v) is 14.2. The highest BCUT2D eigenvalue weighted by Gasteiger charge is 2.22. The molecular weight excluding hydrogens is 324 g/mol. The first-order valence-corrected chi connectivity index (χ1v) is 8.33. The number of hydrogen-bond donors (Lipinski definition) is 2. The fraction of sp³-hybridized carbons (Fsp3) is 0.250. The molecule has 2 N–H and O–H groups in total. The number of carbonyl (C=O) groups is 1. The second kappa shape index (κ2) is 6.79. The summed E-state index contributed by atoms with van der Waals surface area (Å²) in [5, 5.41) is 11.8. The van der Waals surface area contributed by atoms with Gasteiger partial charge in [0.2, 0.25) is 5.95 Å². The number of nitrogens with zero attached hydrogens (tertiary/aromatic N) is 4. The van der Waals surface area contributed by atoms with E-state index in [0.717, 1.165) is 0 Å². The first kappa shape index (κ1) is 16.1. The summed E-state index contributed by atoms with van der Waals surface area (Å²) in [5.74, 6) is 0.449. The fourth-order valence-corrected chi connectivity index (χ4v) is 2.99. The molecule has 0 saturated carbocycles. The van der Waals surface area contributed by atoms with Crippen LogP contribution in [-0.2, 0) is 5.41 Å². The van der Waals surface area contributed by atoms with E-state index in [2.05, 4.69) is 45.6 Å². The average Bonchev–Trinajstić information content (AvgIpc) is 3.26. The standard InChI is InChI=1S/C16H18N6OS/c1-16(2,13-5-3-8-24-13)11-19-15(23)21-12-9-20-22(10-12)14-17-6-4-7-18-14/h3-10H,11H2,1-2H3,(H2,19,21,23). The molecule has 124 valence electrons. The molecule has 0 aliphatic carbocycles. The lowest BCUT2D eigenvalue weighted by Gasteiger charge is -2.23. The highest BCUT2D eigenvalue weighted by atomic mass is 32.1. The predicted molar refractivity (Wildman–Crippen MR) is 93.5 cm³/mol. The van der Waals surface area contributed by atoms with Gasteiger partial charge in [-0.15, -0.1) is 11.3 Å². The van der Waals surface area contributed by atoms with Crippen molar-refractivity contribution in [3.05, 3.63) is 53.2 Å². The summed E-state index contributed by atoms with van der Waals surface area (Å²) < 4.78 is 1.51. The quantitative estimate of drug-likeness (QED) is 0.747. The van der Waals surface area contributed by atoms with E-state index < -0.39 is 0 Å². The predicted octanol–water partition coefficient (Wildman–Crippen LogP) is 2.82. The van der Waals surface area contributed by atoms with Gasteiger partial charge in [-0.3, -0.25) is 0 Å². The van der Waals surface area contributed by atoms with E-state index in [1.165, 1.54) is 9.56 Å². The van der Waals surface area contributed by atoms with Gasteiger partial charge in [-0.2, -0.15) is 5.10 Å². The Morgan fingerprint density at radius 3 is 2.79 bits per heavy atom. The molecule has 0 aromatic carbocycles. The van der Waals surface area contributed by atoms with Gasteiger partial charge in [0.1, 0.15) is 0 Å². The summed E-state index contributed by atoms with van der Waals surface area (Å²) in [5.41, 5.74) is 0.460. The van der Waals surface area contributed by atoms with Crippen LogP contribution in [0.4, 0.5) is 10.5 Å². The molecule has 0 fully saturated rings. The summed E-state index contributed by atoms with van der Waals surface area (Å²) >= 11 is 1.69. The van der Waals surface area contributed by atoms with Crippen LogP contribution in [0.15, 0.2) is 48.4 Å². The third-order valence-electron chi connectivity index (χ3n) is 3.48. The molecule has 24 heavy (non-hydrogen) atoms. The van der Waals surface area contributed by atoms with Gasteiger partial charge in [-0.1, -0.05) is 19.9 Å². The zero-order valence-electron chi connectivity index (χ0n) is 13.4. The van der Waals surface area contributed by atoms with Crippen molar-refractivity contribution >= 4 is 23.1 Å². The Kier molecular flexibility index (Phi) is 4.57. The van der Waals surface area contributed by atoms with Gasteiger partial charge in [-0.25, -0.2) is 19.4 Å².